The van der Waals surface area contributed by atoms with Crippen LogP contribution in [0, 0.1) is 13.8 Å². The quantitative estimate of drug-likeness (QED) is 0.674. The number of aryl methyl sites for hydroxylation is 1. The van der Waals surface area contributed by atoms with E-state index in [9.17, 15) is 9.59 Å². The Bertz CT molecular complexity index is 887. The van der Waals surface area contributed by atoms with Crippen molar-refractivity contribution in [2.45, 2.75) is 13.8 Å². The lowest BCUT2D eigenvalue weighted by Crippen LogP contribution is -2.11. The number of aromatic carboxylic acids is 1. The van der Waals surface area contributed by atoms with Gasteiger partial charge in [-0.05, 0) is 13.8 Å². The second-order valence-corrected chi connectivity index (χ2v) is 4.27. The van der Waals surface area contributed by atoms with Gasteiger partial charge in [-0.3, -0.25) is 0 Å². The highest BCUT2D eigenvalue weighted by Crippen LogP contribution is 2.16. The Kier molecular flexibility index (Phi) is 2.43. The van der Waals surface area contributed by atoms with E-state index >= 15 is 0 Å². The average Bonchev–Trinajstić information content (AvgIpc) is 2.90. The molecule has 2 N–H and O–H groups in total. The van der Waals surface area contributed by atoms with Gasteiger partial charge in [0.1, 0.15) is 11.9 Å². The second kappa shape index (κ2) is 4.02. The van der Waals surface area contributed by atoms with E-state index < -0.39 is 11.7 Å². The number of H-pyrrole nitrogens is 1. The molecule has 0 radical (unpaired) electrons. The summed E-state index contributed by atoms with van der Waals surface area (Å²) in [5.41, 5.74) is 0.995. The van der Waals surface area contributed by atoms with Crippen molar-refractivity contribution < 1.29 is 9.90 Å². The van der Waals surface area contributed by atoms with Gasteiger partial charge in [-0.15, -0.1) is 0 Å². The number of hydrogen-bond acceptors (Lipinski definition) is 5. The summed E-state index contributed by atoms with van der Waals surface area (Å²) in [6.45, 7) is 3.26. The van der Waals surface area contributed by atoms with Crippen molar-refractivity contribution >= 4 is 11.6 Å². The van der Waals surface area contributed by atoms with Crippen LogP contribution in [0.15, 0.2) is 17.2 Å². The Morgan fingerprint density at radius 3 is 2.80 bits per heavy atom. The Labute approximate surface area is 111 Å². The van der Waals surface area contributed by atoms with Crippen LogP contribution in [0.25, 0.3) is 11.5 Å². The predicted octanol–water partition coefficient (Wildman–Crippen LogP) is -0.0817. The van der Waals surface area contributed by atoms with Gasteiger partial charge < -0.3 is 5.11 Å². The Hall–Kier alpha value is -2.97. The summed E-state index contributed by atoms with van der Waals surface area (Å²) in [6.07, 6.45) is 1.31. The highest BCUT2D eigenvalue weighted by molar-refractivity contribution is 5.90. The highest BCUT2D eigenvalue weighted by Gasteiger charge is 2.19. The normalized spacial score (nSPS) is 11.1. The third-order valence-corrected chi connectivity index (χ3v) is 3.02. The largest absolute Gasteiger partial charge is 0.478 e. The van der Waals surface area contributed by atoms with E-state index in [1.165, 1.54) is 15.4 Å². The first-order valence-electron chi connectivity index (χ1n) is 5.71. The number of fused-ring (bicyclic) bond motifs is 1. The zero-order chi connectivity index (χ0) is 14.4. The van der Waals surface area contributed by atoms with Crippen molar-refractivity contribution in [3.8, 4) is 5.82 Å². The maximum atomic E-state index is 11.3. The number of hydrogen-bond donors (Lipinski definition) is 2. The smallest absolute Gasteiger partial charge is 0.348 e. The minimum atomic E-state index is -1.04. The predicted molar refractivity (Wildman–Crippen MR) is 67.2 cm³/mol. The number of carbonyl (C=O) groups is 1. The first-order chi connectivity index (χ1) is 9.49. The highest BCUT2D eigenvalue weighted by atomic mass is 16.4. The topological polar surface area (TPSA) is 118 Å². The molecule has 3 rings (SSSR count). The van der Waals surface area contributed by atoms with Crippen LogP contribution in [0.2, 0.25) is 0 Å². The van der Waals surface area contributed by atoms with E-state index in [0.717, 1.165) is 0 Å². The summed E-state index contributed by atoms with van der Waals surface area (Å²) >= 11 is 0. The summed E-state index contributed by atoms with van der Waals surface area (Å²) in [7, 11) is 0. The van der Waals surface area contributed by atoms with Crippen LogP contribution in [0.4, 0.5) is 0 Å². The van der Waals surface area contributed by atoms with Crippen LogP contribution in [-0.2, 0) is 0 Å². The van der Waals surface area contributed by atoms with Crippen LogP contribution in [0.5, 0.6) is 0 Å². The first-order valence-corrected chi connectivity index (χ1v) is 5.71. The maximum Gasteiger partial charge on any atom is 0.348 e. The molecular weight excluding hydrogens is 264 g/mol. The van der Waals surface area contributed by atoms with E-state index in [1.54, 1.807) is 19.9 Å². The van der Waals surface area contributed by atoms with Crippen LogP contribution in [-0.4, -0.2) is 40.4 Å². The van der Waals surface area contributed by atoms with E-state index in [1.807, 2.05) is 0 Å². The minimum Gasteiger partial charge on any atom is -0.478 e. The van der Waals surface area contributed by atoms with Crippen LogP contribution < -0.4 is 5.69 Å². The molecule has 3 aromatic heterocycles. The molecule has 0 aliphatic carbocycles. The van der Waals surface area contributed by atoms with Crippen molar-refractivity contribution in [3.05, 3.63) is 39.8 Å². The lowest BCUT2D eigenvalue weighted by atomic mass is 10.2. The number of aromatic nitrogens is 6. The van der Waals surface area contributed by atoms with E-state index in [2.05, 4.69) is 20.3 Å². The van der Waals surface area contributed by atoms with E-state index in [-0.39, 0.29) is 5.56 Å². The van der Waals surface area contributed by atoms with Crippen LogP contribution in [0.1, 0.15) is 21.7 Å². The van der Waals surface area contributed by atoms with Gasteiger partial charge in [0.05, 0.1) is 11.4 Å². The fourth-order valence-corrected chi connectivity index (χ4v) is 2.09. The molecule has 0 atom stereocenters. The van der Waals surface area contributed by atoms with E-state index in [4.69, 9.17) is 5.11 Å². The number of rotatable bonds is 2. The number of aromatic amines is 1. The number of carboxylic acid groups (broad SMARTS) is 1. The Morgan fingerprint density at radius 1 is 1.40 bits per heavy atom. The van der Waals surface area contributed by atoms with Crippen LogP contribution >= 0.6 is 0 Å². The molecule has 9 heteroatoms. The second-order valence-electron chi connectivity index (χ2n) is 4.27. The SMILES string of the molecule is Cc1nn(-c2cc3n[nH]c(=O)n3cn2)c(C)c1C(=O)O. The molecule has 3 heterocycles. The van der Waals surface area contributed by atoms with Crippen molar-refractivity contribution in [2.75, 3.05) is 0 Å². The fraction of sp³-hybridized carbons (Fsp3) is 0.182. The molecule has 0 amide bonds. The molecule has 0 aliphatic rings. The van der Waals surface area contributed by atoms with Gasteiger partial charge in [-0.2, -0.15) is 10.2 Å². The first kappa shape index (κ1) is 12.1. The van der Waals surface area contributed by atoms with Crippen molar-refractivity contribution in [1.82, 2.24) is 29.4 Å². The van der Waals surface area contributed by atoms with E-state index in [0.29, 0.717) is 22.9 Å². The molecule has 0 aliphatic heterocycles. The van der Waals surface area contributed by atoms with Crippen LogP contribution in [0.3, 0.4) is 0 Å². The molecule has 0 bridgehead atoms. The molecule has 0 saturated carbocycles. The van der Waals surface area contributed by atoms with Gasteiger partial charge in [0.25, 0.3) is 0 Å². The monoisotopic (exact) mass is 274 g/mol. The van der Waals surface area contributed by atoms with Gasteiger partial charge >= 0.3 is 11.7 Å². The lowest BCUT2D eigenvalue weighted by Gasteiger charge is -2.03. The molecular formula is C11H10N6O3. The fourth-order valence-electron chi connectivity index (χ4n) is 2.09. The minimum absolute atomic E-state index is 0.145. The Morgan fingerprint density at radius 2 is 2.15 bits per heavy atom. The zero-order valence-corrected chi connectivity index (χ0v) is 10.7. The summed E-state index contributed by atoms with van der Waals surface area (Å²) in [6, 6.07) is 1.54. The zero-order valence-electron chi connectivity index (χ0n) is 10.7. The van der Waals surface area contributed by atoms with Gasteiger partial charge in [-0.1, -0.05) is 0 Å². The van der Waals surface area contributed by atoms with Crippen molar-refractivity contribution in [2.24, 2.45) is 0 Å². The molecule has 0 saturated heterocycles. The third kappa shape index (κ3) is 1.60. The third-order valence-electron chi connectivity index (χ3n) is 3.02. The van der Waals surface area contributed by atoms with Gasteiger partial charge in [-0.25, -0.2) is 28.8 Å². The van der Waals surface area contributed by atoms with Gasteiger partial charge in [0.2, 0.25) is 0 Å². The maximum absolute atomic E-state index is 11.3. The standard InChI is InChI=1S/C11H10N6O3/c1-5-9(10(18)19)6(2)17(15-5)7-3-8-13-14-11(20)16(8)4-12-7/h3-4H,1-2H3,(H,14,20)(H,18,19). The molecule has 102 valence electrons. The lowest BCUT2D eigenvalue weighted by molar-refractivity contribution is 0.0695. The molecule has 9 nitrogen and oxygen atoms in total. The van der Waals surface area contributed by atoms with Gasteiger partial charge in [0, 0.05) is 6.07 Å². The number of carboxylic acids is 1. The summed E-state index contributed by atoms with van der Waals surface area (Å²) < 4.78 is 2.66. The number of nitrogens with zero attached hydrogens (tertiary/aromatic N) is 5. The average molecular weight is 274 g/mol. The number of nitrogens with one attached hydrogen (secondary N) is 1. The molecule has 0 unspecified atom stereocenters. The van der Waals surface area contributed by atoms with Crippen molar-refractivity contribution in [3.63, 3.8) is 0 Å². The summed E-state index contributed by atoms with van der Waals surface area (Å²) in [5, 5.41) is 19.4. The van der Waals surface area contributed by atoms with Crippen molar-refractivity contribution in [1.29, 1.82) is 0 Å². The summed E-state index contributed by atoms with van der Waals surface area (Å²) in [5.74, 6) is -0.645. The molecule has 20 heavy (non-hydrogen) atoms. The molecule has 0 aromatic carbocycles. The molecule has 3 aromatic rings. The molecule has 0 fully saturated rings. The van der Waals surface area contributed by atoms with Gasteiger partial charge in [0.15, 0.2) is 11.5 Å². The molecule has 0 spiro atoms. The summed E-state index contributed by atoms with van der Waals surface area (Å²) in [4.78, 5) is 26.6. The Balaban J connectivity index is 2.23.